The summed E-state index contributed by atoms with van der Waals surface area (Å²) in [6.45, 7) is 0. The average molecular weight is 313 g/mol. The Kier molecular flexibility index (Phi) is 2.87. The van der Waals surface area contributed by atoms with Crippen molar-refractivity contribution in [1.82, 2.24) is 14.4 Å². The van der Waals surface area contributed by atoms with Crippen LogP contribution in [0.4, 0.5) is 13.2 Å². The Labute approximate surface area is 129 Å². The van der Waals surface area contributed by atoms with E-state index in [4.69, 9.17) is 0 Å². The van der Waals surface area contributed by atoms with Crippen molar-refractivity contribution >= 4 is 16.6 Å². The number of rotatable bonds is 1. The molecule has 0 fully saturated rings. The normalized spacial score (nSPS) is 12.1. The van der Waals surface area contributed by atoms with E-state index in [-0.39, 0.29) is 5.65 Å². The van der Waals surface area contributed by atoms with Crippen LogP contribution in [0.2, 0.25) is 0 Å². The van der Waals surface area contributed by atoms with Crippen molar-refractivity contribution in [3.63, 3.8) is 0 Å². The lowest BCUT2D eigenvalue weighted by atomic mass is 10.0. The fraction of sp³-hybridized carbons (Fsp3) is 0.0588. The quantitative estimate of drug-likeness (QED) is 0.515. The van der Waals surface area contributed by atoms with Gasteiger partial charge in [0.1, 0.15) is 5.65 Å². The maximum atomic E-state index is 12.7. The van der Waals surface area contributed by atoms with E-state index < -0.39 is 11.9 Å². The summed E-state index contributed by atoms with van der Waals surface area (Å²) in [5, 5.41) is 0.976. The highest BCUT2D eigenvalue weighted by atomic mass is 19.4. The standard InChI is InChI=1S/C17H10F3N3/c18-17(19,20)15-10-23-7-5-12(9-16(23)22-15)11-3-4-14-13(8-11)2-1-6-21-14/h1-10H. The lowest BCUT2D eigenvalue weighted by Crippen LogP contribution is -2.04. The Balaban J connectivity index is 1.84. The number of alkyl halides is 3. The minimum Gasteiger partial charge on any atom is -0.306 e. The van der Waals surface area contributed by atoms with Crippen LogP contribution in [0.5, 0.6) is 0 Å². The SMILES string of the molecule is FC(F)(F)c1cn2ccc(-c3ccc4ncccc4c3)cc2n1. The second kappa shape index (κ2) is 4.81. The molecule has 0 aliphatic heterocycles. The van der Waals surface area contributed by atoms with Crippen LogP contribution in [0.3, 0.4) is 0 Å². The maximum absolute atomic E-state index is 12.7. The van der Waals surface area contributed by atoms with Gasteiger partial charge in [0, 0.05) is 24.0 Å². The summed E-state index contributed by atoms with van der Waals surface area (Å²) in [5.74, 6) is 0. The van der Waals surface area contributed by atoms with Crippen LogP contribution in [0, 0.1) is 0 Å². The minimum absolute atomic E-state index is 0.265. The Morgan fingerprint density at radius 1 is 0.957 bits per heavy atom. The summed E-state index contributed by atoms with van der Waals surface area (Å²) in [6, 6.07) is 13.0. The second-order valence-corrected chi connectivity index (χ2v) is 5.22. The Bertz CT molecular complexity index is 1020. The number of pyridine rings is 2. The number of nitrogens with zero attached hydrogens (tertiary/aromatic N) is 3. The van der Waals surface area contributed by atoms with Crippen molar-refractivity contribution in [1.29, 1.82) is 0 Å². The predicted octanol–water partition coefficient (Wildman–Crippen LogP) is 4.57. The molecule has 0 radical (unpaired) electrons. The molecule has 0 aliphatic carbocycles. The fourth-order valence-electron chi connectivity index (χ4n) is 2.55. The molecule has 3 aromatic heterocycles. The predicted molar refractivity (Wildman–Crippen MR) is 80.9 cm³/mol. The van der Waals surface area contributed by atoms with Crippen molar-refractivity contribution < 1.29 is 13.2 Å². The molecule has 0 saturated heterocycles. The monoisotopic (exact) mass is 313 g/mol. The van der Waals surface area contributed by atoms with Gasteiger partial charge >= 0.3 is 6.18 Å². The van der Waals surface area contributed by atoms with E-state index in [1.165, 1.54) is 4.40 Å². The second-order valence-electron chi connectivity index (χ2n) is 5.22. The van der Waals surface area contributed by atoms with Crippen molar-refractivity contribution in [2.45, 2.75) is 6.18 Å². The molecule has 3 heterocycles. The molecule has 0 N–H and O–H groups in total. The van der Waals surface area contributed by atoms with E-state index in [0.29, 0.717) is 0 Å². The van der Waals surface area contributed by atoms with Gasteiger partial charge in [-0.2, -0.15) is 13.2 Å². The molecule has 4 rings (SSSR count). The molecule has 0 aliphatic rings. The molecule has 114 valence electrons. The van der Waals surface area contributed by atoms with Gasteiger partial charge in [-0.3, -0.25) is 4.98 Å². The van der Waals surface area contributed by atoms with E-state index in [2.05, 4.69) is 9.97 Å². The third kappa shape index (κ3) is 2.42. The van der Waals surface area contributed by atoms with E-state index in [0.717, 1.165) is 28.2 Å². The Morgan fingerprint density at radius 3 is 2.61 bits per heavy atom. The highest BCUT2D eigenvalue weighted by Crippen LogP contribution is 2.30. The zero-order valence-corrected chi connectivity index (χ0v) is 11.7. The molecule has 4 aromatic rings. The molecule has 0 saturated carbocycles. The van der Waals surface area contributed by atoms with E-state index in [9.17, 15) is 13.2 Å². The van der Waals surface area contributed by atoms with Gasteiger partial charge in [-0.25, -0.2) is 4.98 Å². The van der Waals surface area contributed by atoms with E-state index in [1.807, 2.05) is 30.3 Å². The summed E-state index contributed by atoms with van der Waals surface area (Å²) in [5.41, 5.74) is 1.96. The molecular formula is C17H10F3N3. The Morgan fingerprint density at radius 2 is 1.78 bits per heavy atom. The first kappa shape index (κ1) is 13.8. The number of benzene rings is 1. The van der Waals surface area contributed by atoms with Crippen LogP contribution in [0.25, 0.3) is 27.7 Å². The number of hydrogen-bond donors (Lipinski definition) is 0. The molecule has 0 atom stereocenters. The lowest BCUT2D eigenvalue weighted by molar-refractivity contribution is -0.140. The van der Waals surface area contributed by atoms with Crippen molar-refractivity contribution in [3.05, 3.63) is 66.7 Å². The van der Waals surface area contributed by atoms with Crippen LogP contribution in [0.1, 0.15) is 5.69 Å². The molecule has 3 nitrogen and oxygen atoms in total. The summed E-state index contributed by atoms with van der Waals surface area (Å²) in [4.78, 5) is 7.91. The molecule has 23 heavy (non-hydrogen) atoms. The number of fused-ring (bicyclic) bond motifs is 2. The van der Waals surface area contributed by atoms with Gasteiger partial charge in [0.25, 0.3) is 0 Å². The minimum atomic E-state index is -4.44. The van der Waals surface area contributed by atoms with E-state index >= 15 is 0 Å². The van der Waals surface area contributed by atoms with Gasteiger partial charge in [-0.1, -0.05) is 12.1 Å². The van der Waals surface area contributed by atoms with Crippen molar-refractivity contribution in [3.8, 4) is 11.1 Å². The van der Waals surface area contributed by atoms with Gasteiger partial charge in [0.05, 0.1) is 5.52 Å². The maximum Gasteiger partial charge on any atom is 0.434 e. The first-order chi connectivity index (χ1) is 11.0. The third-order valence-corrected chi connectivity index (χ3v) is 3.69. The topological polar surface area (TPSA) is 30.2 Å². The van der Waals surface area contributed by atoms with Crippen LogP contribution in [0.15, 0.2) is 61.1 Å². The molecule has 0 unspecified atom stereocenters. The van der Waals surface area contributed by atoms with Crippen LogP contribution in [-0.2, 0) is 6.18 Å². The average Bonchev–Trinajstić information content (AvgIpc) is 2.98. The number of halogens is 3. The largest absolute Gasteiger partial charge is 0.434 e. The molecule has 0 spiro atoms. The fourth-order valence-corrected chi connectivity index (χ4v) is 2.55. The molecule has 6 heteroatoms. The first-order valence-electron chi connectivity index (χ1n) is 6.92. The molecular weight excluding hydrogens is 303 g/mol. The van der Waals surface area contributed by atoms with Gasteiger partial charge in [0.15, 0.2) is 5.69 Å². The number of hydrogen-bond acceptors (Lipinski definition) is 2. The zero-order chi connectivity index (χ0) is 16.0. The smallest absolute Gasteiger partial charge is 0.306 e. The molecule has 0 bridgehead atoms. The van der Waals surface area contributed by atoms with Gasteiger partial charge in [-0.15, -0.1) is 0 Å². The number of imidazole rings is 1. The van der Waals surface area contributed by atoms with Gasteiger partial charge < -0.3 is 4.40 Å². The molecule has 0 amide bonds. The summed E-state index contributed by atoms with van der Waals surface area (Å²) in [7, 11) is 0. The zero-order valence-electron chi connectivity index (χ0n) is 11.7. The highest BCUT2D eigenvalue weighted by molar-refractivity contribution is 5.84. The summed E-state index contributed by atoms with van der Waals surface area (Å²) >= 11 is 0. The molecule has 1 aromatic carbocycles. The van der Waals surface area contributed by atoms with Gasteiger partial charge in [0.2, 0.25) is 0 Å². The van der Waals surface area contributed by atoms with Crippen LogP contribution in [-0.4, -0.2) is 14.4 Å². The summed E-state index contributed by atoms with van der Waals surface area (Å²) < 4.78 is 39.6. The van der Waals surface area contributed by atoms with Crippen molar-refractivity contribution in [2.75, 3.05) is 0 Å². The van der Waals surface area contributed by atoms with Gasteiger partial charge in [-0.05, 0) is 41.5 Å². The third-order valence-electron chi connectivity index (χ3n) is 3.69. The Hall–Kier alpha value is -2.89. The lowest BCUT2D eigenvalue weighted by Gasteiger charge is -2.04. The highest BCUT2D eigenvalue weighted by Gasteiger charge is 2.33. The first-order valence-corrected chi connectivity index (χ1v) is 6.92. The van der Waals surface area contributed by atoms with Crippen molar-refractivity contribution in [2.24, 2.45) is 0 Å². The van der Waals surface area contributed by atoms with Crippen LogP contribution >= 0.6 is 0 Å². The summed E-state index contributed by atoms with van der Waals surface area (Å²) in [6.07, 6.45) is -0.151. The van der Waals surface area contributed by atoms with Crippen LogP contribution < -0.4 is 0 Å². The number of aromatic nitrogens is 3. The van der Waals surface area contributed by atoms with E-state index in [1.54, 1.807) is 24.5 Å².